The summed E-state index contributed by atoms with van der Waals surface area (Å²) in [7, 11) is 3.04. The molecular formula is C12H10BrNO3. The predicted molar refractivity (Wildman–Crippen MR) is 67.3 cm³/mol. The van der Waals surface area contributed by atoms with Crippen LogP contribution in [0.1, 0.15) is 20.8 Å². The standard InChI is InChI=1S/C12H10BrNO3/c1-14-9-4-3-7(13)5-8(9)11(10(14)6-15)12(16)17-2/h3-6H,1-2H3. The van der Waals surface area contributed by atoms with E-state index in [1.807, 2.05) is 12.1 Å². The number of esters is 1. The van der Waals surface area contributed by atoms with E-state index < -0.39 is 5.97 Å². The number of ether oxygens (including phenoxy) is 1. The van der Waals surface area contributed by atoms with Crippen molar-refractivity contribution in [1.82, 2.24) is 4.57 Å². The number of nitrogens with zero attached hydrogens (tertiary/aromatic N) is 1. The van der Waals surface area contributed by atoms with Gasteiger partial charge in [0.05, 0.1) is 18.4 Å². The summed E-state index contributed by atoms with van der Waals surface area (Å²) in [6.45, 7) is 0. The molecule has 0 N–H and O–H groups in total. The lowest BCUT2D eigenvalue weighted by Gasteiger charge is -1.98. The SMILES string of the molecule is COC(=O)c1c(C=O)n(C)c2ccc(Br)cc12. The van der Waals surface area contributed by atoms with Gasteiger partial charge in [-0.15, -0.1) is 0 Å². The lowest BCUT2D eigenvalue weighted by atomic mass is 10.1. The first-order chi connectivity index (χ1) is 8.10. The number of benzene rings is 1. The average molecular weight is 296 g/mol. The van der Waals surface area contributed by atoms with Gasteiger partial charge in [-0.1, -0.05) is 15.9 Å². The van der Waals surface area contributed by atoms with Crippen molar-refractivity contribution in [2.75, 3.05) is 7.11 Å². The zero-order valence-corrected chi connectivity index (χ0v) is 10.9. The Hall–Kier alpha value is -1.62. The number of rotatable bonds is 2. The summed E-state index contributed by atoms with van der Waals surface area (Å²) in [6.07, 6.45) is 0.667. The molecule has 2 aromatic rings. The van der Waals surface area contributed by atoms with Crippen molar-refractivity contribution in [3.8, 4) is 0 Å². The first-order valence-corrected chi connectivity index (χ1v) is 5.71. The smallest absolute Gasteiger partial charge is 0.340 e. The summed E-state index contributed by atoms with van der Waals surface area (Å²) >= 11 is 3.34. The summed E-state index contributed by atoms with van der Waals surface area (Å²) in [6, 6.07) is 5.51. The number of carbonyl (C=O) groups is 2. The third-order valence-corrected chi connectivity index (χ3v) is 3.20. The van der Waals surface area contributed by atoms with Crippen LogP contribution in [0.4, 0.5) is 0 Å². The largest absolute Gasteiger partial charge is 0.465 e. The first-order valence-electron chi connectivity index (χ1n) is 4.91. The number of aromatic nitrogens is 1. The minimum Gasteiger partial charge on any atom is -0.465 e. The summed E-state index contributed by atoms with van der Waals surface area (Å²) in [5.74, 6) is -0.504. The van der Waals surface area contributed by atoms with E-state index in [0.29, 0.717) is 22.9 Å². The number of aldehydes is 1. The van der Waals surface area contributed by atoms with E-state index >= 15 is 0 Å². The van der Waals surface area contributed by atoms with Gasteiger partial charge in [-0.2, -0.15) is 0 Å². The van der Waals surface area contributed by atoms with Crippen LogP contribution in [0.25, 0.3) is 10.9 Å². The van der Waals surface area contributed by atoms with Crippen LogP contribution in [0.3, 0.4) is 0 Å². The lowest BCUT2D eigenvalue weighted by molar-refractivity contribution is 0.0600. The molecule has 0 unspecified atom stereocenters. The van der Waals surface area contributed by atoms with E-state index in [2.05, 4.69) is 15.9 Å². The molecule has 0 aliphatic rings. The Bertz CT molecular complexity index is 616. The number of hydrogen-bond acceptors (Lipinski definition) is 3. The Balaban J connectivity index is 2.90. The molecule has 1 aromatic heterocycles. The Morgan fingerprint density at radius 2 is 2.18 bits per heavy atom. The van der Waals surface area contributed by atoms with Crippen LogP contribution in [-0.2, 0) is 11.8 Å². The van der Waals surface area contributed by atoms with Crippen LogP contribution in [-0.4, -0.2) is 23.9 Å². The molecule has 0 bridgehead atoms. The molecule has 0 spiro atoms. The Kier molecular flexibility index (Phi) is 3.02. The first kappa shape index (κ1) is 11.9. The highest BCUT2D eigenvalue weighted by Crippen LogP contribution is 2.27. The van der Waals surface area contributed by atoms with Crippen molar-refractivity contribution in [3.05, 3.63) is 33.9 Å². The average Bonchev–Trinajstić information content (AvgIpc) is 2.60. The monoisotopic (exact) mass is 295 g/mol. The van der Waals surface area contributed by atoms with Crippen LogP contribution in [0.15, 0.2) is 22.7 Å². The Morgan fingerprint density at radius 1 is 1.47 bits per heavy atom. The Morgan fingerprint density at radius 3 is 2.76 bits per heavy atom. The molecular weight excluding hydrogens is 286 g/mol. The normalized spacial score (nSPS) is 10.5. The second-order valence-corrected chi connectivity index (χ2v) is 4.51. The molecule has 0 aliphatic carbocycles. The molecule has 0 atom stereocenters. The zero-order chi connectivity index (χ0) is 12.6. The lowest BCUT2D eigenvalue weighted by Crippen LogP contribution is -2.05. The van der Waals surface area contributed by atoms with Gasteiger partial charge in [-0.05, 0) is 18.2 Å². The number of fused-ring (bicyclic) bond motifs is 1. The van der Waals surface area contributed by atoms with Gasteiger partial charge in [0.1, 0.15) is 0 Å². The van der Waals surface area contributed by atoms with E-state index in [0.717, 1.165) is 9.99 Å². The van der Waals surface area contributed by atoms with E-state index in [4.69, 9.17) is 4.74 Å². The van der Waals surface area contributed by atoms with Gasteiger partial charge >= 0.3 is 5.97 Å². The van der Waals surface area contributed by atoms with E-state index in [1.54, 1.807) is 17.7 Å². The molecule has 1 aromatic carbocycles. The second kappa shape index (κ2) is 4.33. The van der Waals surface area contributed by atoms with Crippen LogP contribution in [0.2, 0.25) is 0 Å². The zero-order valence-electron chi connectivity index (χ0n) is 9.36. The molecule has 0 fully saturated rings. The van der Waals surface area contributed by atoms with Crippen molar-refractivity contribution >= 4 is 39.1 Å². The molecule has 0 amide bonds. The van der Waals surface area contributed by atoms with Crippen molar-refractivity contribution in [2.45, 2.75) is 0 Å². The van der Waals surface area contributed by atoms with Gasteiger partial charge in [0.2, 0.25) is 0 Å². The van der Waals surface area contributed by atoms with Gasteiger partial charge in [0, 0.05) is 22.4 Å². The summed E-state index contributed by atoms with van der Waals surface area (Å²) in [4.78, 5) is 22.8. The van der Waals surface area contributed by atoms with Crippen LogP contribution >= 0.6 is 15.9 Å². The van der Waals surface area contributed by atoms with Crippen LogP contribution in [0.5, 0.6) is 0 Å². The fourth-order valence-electron chi connectivity index (χ4n) is 1.89. The molecule has 0 radical (unpaired) electrons. The number of hydrogen-bond donors (Lipinski definition) is 0. The third-order valence-electron chi connectivity index (χ3n) is 2.71. The third kappa shape index (κ3) is 1.76. The maximum absolute atomic E-state index is 11.7. The number of aryl methyl sites for hydroxylation is 1. The van der Waals surface area contributed by atoms with E-state index in [1.165, 1.54) is 7.11 Å². The van der Waals surface area contributed by atoms with Crippen molar-refractivity contribution in [1.29, 1.82) is 0 Å². The van der Waals surface area contributed by atoms with Crippen molar-refractivity contribution < 1.29 is 14.3 Å². The molecule has 2 rings (SSSR count). The topological polar surface area (TPSA) is 48.3 Å². The maximum atomic E-state index is 11.7. The summed E-state index contributed by atoms with van der Waals surface area (Å²) in [5, 5.41) is 0.704. The van der Waals surface area contributed by atoms with Crippen LogP contribution < -0.4 is 0 Å². The molecule has 5 heteroatoms. The predicted octanol–water partition coefficient (Wildman–Crippen LogP) is 2.54. The minimum absolute atomic E-state index is 0.307. The van der Waals surface area contributed by atoms with Crippen molar-refractivity contribution in [2.24, 2.45) is 7.05 Å². The summed E-state index contributed by atoms with van der Waals surface area (Å²) in [5.41, 5.74) is 1.45. The molecule has 88 valence electrons. The van der Waals surface area contributed by atoms with Gasteiger partial charge in [0.15, 0.2) is 6.29 Å². The van der Waals surface area contributed by atoms with Gasteiger partial charge < -0.3 is 9.30 Å². The highest BCUT2D eigenvalue weighted by Gasteiger charge is 2.21. The molecule has 0 aliphatic heterocycles. The number of methoxy groups -OCH3 is 1. The quantitative estimate of drug-likeness (QED) is 0.632. The fourth-order valence-corrected chi connectivity index (χ4v) is 2.25. The van der Waals surface area contributed by atoms with Gasteiger partial charge in [0.25, 0.3) is 0 Å². The maximum Gasteiger partial charge on any atom is 0.340 e. The molecule has 0 saturated carbocycles. The molecule has 1 heterocycles. The highest BCUT2D eigenvalue weighted by atomic mass is 79.9. The van der Waals surface area contributed by atoms with Gasteiger partial charge in [-0.25, -0.2) is 4.79 Å². The number of carbonyl (C=O) groups excluding carboxylic acids is 2. The molecule has 0 saturated heterocycles. The van der Waals surface area contributed by atoms with E-state index in [9.17, 15) is 9.59 Å². The molecule has 17 heavy (non-hydrogen) atoms. The highest BCUT2D eigenvalue weighted by molar-refractivity contribution is 9.10. The van der Waals surface area contributed by atoms with Gasteiger partial charge in [-0.3, -0.25) is 4.79 Å². The number of halogens is 1. The fraction of sp³-hybridized carbons (Fsp3) is 0.167. The minimum atomic E-state index is -0.504. The van der Waals surface area contributed by atoms with Crippen LogP contribution in [0, 0.1) is 0 Å². The van der Waals surface area contributed by atoms with Crippen molar-refractivity contribution in [3.63, 3.8) is 0 Å². The Labute approximate surface area is 106 Å². The molecule has 4 nitrogen and oxygen atoms in total. The van der Waals surface area contributed by atoms with E-state index in [-0.39, 0.29) is 0 Å². The summed E-state index contributed by atoms with van der Waals surface area (Å²) < 4.78 is 7.24. The second-order valence-electron chi connectivity index (χ2n) is 3.59.